The number of aromatic nitrogens is 6. The molecule has 5 rings (SSSR count). The van der Waals surface area contributed by atoms with Crippen LogP contribution in [0.1, 0.15) is 47.6 Å². The zero-order chi connectivity index (χ0) is 26.3. The normalized spacial score (nSPS) is 12.2. The molecule has 4 heterocycles. The van der Waals surface area contributed by atoms with Crippen LogP contribution in [0.15, 0.2) is 36.5 Å². The summed E-state index contributed by atoms with van der Waals surface area (Å²) in [6, 6.07) is 9.94. The Morgan fingerprint density at radius 2 is 1.81 bits per heavy atom. The van der Waals surface area contributed by atoms with Crippen LogP contribution in [0.5, 0.6) is 0 Å². The molecule has 11 nitrogen and oxygen atoms in total. The van der Waals surface area contributed by atoms with Crippen LogP contribution in [0, 0.1) is 13.8 Å². The van der Waals surface area contributed by atoms with Crippen LogP contribution < -0.4 is 20.9 Å². The smallest absolute Gasteiger partial charge is 0.273 e. The molecule has 1 aliphatic rings. The van der Waals surface area contributed by atoms with Crippen molar-refractivity contribution in [3.05, 3.63) is 59.4 Å². The lowest BCUT2D eigenvalue weighted by atomic mass is 9.97. The summed E-state index contributed by atoms with van der Waals surface area (Å²) in [7, 11) is 3.63. The number of aryl methyl sites for hydroxylation is 2. The topological polar surface area (TPSA) is 126 Å². The number of amides is 1. The van der Waals surface area contributed by atoms with Crippen LogP contribution in [0.2, 0.25) is 0 Å². The van der Waals surface area contributed by atoms with E-state index in [2.05, 4.69) is 77.8 Å². The van der Waals surface area contributed by atoms with Crippen molar-refractivity contribution in [2.75, 3.05) is 29.6 Å². The van der Waals surface area contributed by atoms with Gasteiger partial charge in [-0.2, -0.15) is 5.10 Å². The van der Waals surface area contributed by atoms with Crippen LogP contribution in [0.3, 0.4) is 0 Å². The molecular formula is C26H30N10O. The van der Waals surface area contributed by atoms with Crippen LogP contribution in [-0.2, 0) is 6.54 Å². The van der Waals surface area contributed by atoms with E-state index < -0.39 is 0 Å². The molecule has 11 heteroatoms. The fourth-order valence-electron chi connectivity index (χ4n) is 4.68. The molecule has 0 spiro atoms. The zero-order valence-corrected chi connectivity index (χ0v) is 21.8. The van der Waals surface area contributed by atoms with Gasteiger partial charge in [0.1, 0.15) is 11.6 Å². The van der Waals surface area contributed by atoms with Gasteiger partial charge in [0.15, 0.2) is 11.5 Å². The predicted molar refractivity (Wildman–Crippen MR) is 144 cm³/mol. The van der Waals surface area contributed by atoms with E-state index >= 15 is 0 Å². The predicted octanol–water partition coefficient (Wildman–Crippen LogP) is 4.12. The molecule has 3 N–H and O–H groups in total. The number of hydrogen-bond acceptors (Lipinski definition) is 9. The van der Waals surface area contributed by atoms with Gasteiger partial charge in [0.25, 0.3) is 5.91 Å². The summed E-state index contributed by atoms with van der Waals surface area (Å²) in [4.78, 5) is 23.6. The van der Waals surface area contributed by atoms with Gasteiger partial charge in [-0.25, -0.2) is 9.97 Å². The molecule has 0 saturated heterocycles. The molecule has 1 amide bonds. The van der Waals surface area contributed by atoms with Crippen molar-refractivity contribution in [1.82, 2.24) is 35.3 Å². The molecule has 0 bridgehead atoms. The number of nitrogens with one attached hydrogen (secondary N) is 3. The first kappa shape index (κ1) is 24.2. The number of para-hydroxylation sites is 1. The molecule has 37 heavy (non-hydrogen) atoms. The maximum Gasteiger partial charge on any atom is 0.273 e. The third kappa shape index (κ3) is 4.55. The number of hydrogen-bond donors (Lipinski definition) is 3. The number of nitrogens with zero attached hydrogens (tertiary/aromatic N) is 7. The van der Waals surface area contributed by atoms with Gasteiger partial charge in [0.05, 0.1) is 35.5 Å². The summed E-state index contributed by atoms with van der Waals surface area (Å²) in [6.45, 7) is 8.71. The molecule has 190 valence electrons. The lowest BCUT2D eigenvalue weighted by Crippen LogP contribution is -2.25. The van der Waals surface area contributed by atoms with Crippen LogP contribution >= 0.6 is 0 Å². The number of benzene rings is 1. The molecule has 3 aromatic heterocycles. The number of rotatable bonds is 6. The molecule has 0 saturated carbocycles. The highest BCUT2D eigenvalue weighted by Crippen LogP contribution is 2.44. The first-order valence-electron chi connectivity index (χ1n) is 12.1. The molecule has 1 aromatic carbocycles. The minimum Gasteiger partial charge on any atom is -0.366 e. The Hall–Kier alpha value is -4.54. The fourth-order valence-corrected chi connectivity index (χ4v) is 4.68. The van der Waals surface area contributed by atoms with Crippen molar-refractivity contribution in [2.45, 2.75) is 40.3 Å². The van der Waals surface area contributed by atoms with E-state index in [1.807, 2.05) is 38.2 Å². The van der Waals surface area contributed by atoms with Crippen molar-refractivity contribution in [1.29, 1.82) is 0 Å². The Labute approximate surface area is 215 Å². The average molecular weight is 499 g/mol. The highest BCUT2D eigenvalue weighted by atomic mass is 16.1. The molecule has 0 atom stereocenters. The third-order valence-electron chi connectivity index (χ3n) is 6.21. The molecular weight excluding hydrogens is 468 g/mol. The van der Waals surface area contributed by atoms with Gasteiger partial charge in [-0.1, -0.05) is 12.1 Å². The maximum atomic E-state index is 12.7. The van der Waals surface area contributed by atoms with Crippen molar-refractivity contribution < 1.29 is 4.79 Å². The number of fused-ring (bicyclic) bond motifs is 3. The van der Waals surface area contributed by atoms with E-state index in [-0.39, 0.29) is 17.6 Å². The monoisotopic (exact) mass is 498 g/mol. The molecule has 0 aliphatic carbocycles. The second-order valence-corrected chi connectivity index (χ2v) is 9.36. The highest BCUT2D eigenvalue weighted by Gasteiger charge is 2.27. The van der Waals surface area contributed by atoms with Crippen molar-refractivity contribution in [2.24, 2.45) is 0 Å². The number of anilines is 5. The SMILES string of the molecule is CNC(=O)c1nnc(Nc2cc(C)nc(C)n2)cc1Nc1cccc2c1N(C)Cc1c-2cnn1C(C)C. The van der Waals surface area contributed by atoms with Crippen LogP contribution in [-0.4, -0.2) is 49.9 Å². The first-order valence-corrected chi connectivity index (χ1v) is 12.1. The first-order chi connectivity index (χ1) is 17.7. The van der Waals surface area contributed by atoms with Crippen LogP contribution in [0.4, 0.5) is 28.7 Å². The van der Waals surface area contributed by atoms with Gasteiger partial charge in [-0.05, 0) is 33.8 Å². The Balaban J connectivity index is 1.55. The van der Waals surface area contributed by atoms with Crippen molar-refractivity contribution in [3.8, 4) is 11.1 Å². The summed E-state index contributed by atoms with van der Waals surface area (Å²) >= 11 is 0. The minimum atomic E-state index is -0.339. The number of carbonyl (C=O) groups excluding carboxylic acids is 1. The largest absolute Gasteiger partial charge is 0.366 e. The quantitative estimate of drug-likeness (QED) is 0.360. The summed E-state index contributed by atoms with van der Waals surface area (Å²) in [6.07, 6.45) is 1.93. The van der Waals surface area contributed by atoms with Gasteiger partial charge >= 0.3 is 0 Å². The van der Waals surface area contributed by atoms with Gasteiger partial charge in [-0.3, -0.25) is 9.48 Å². The van der Waals surface area contributed by atoms with Crippen molar-refractivity contribution in [3.63, 3.8) is 0 Å². The summed E-state index contributed by atoms with van der Waals surface area (Å²) in [5.41, 5.74) is 6.78. The summed E-state index contributed by atoms with van der Waals surface area (Å²) in [5, 5.41) is 22.3. The van der Waals surface area contributed by atoms with E-state index in [1.54, 1.807) is 13.1 Å². The minimum absolute atomic E-state index is 0.187. The Morgan fingerprint density at radius 1 is 1.00 bits per heavy atom. The Bertz CT molecular complexity index is 1470. The second-order valence-electron chi connectivity index (χ2n) is 9.36. The van der Waals surface area contributed by atoms with Crippen LogP contribution in [0.25, 0.3) is 11.1 Å². The second kappa shape index (κ2) is 9.49. The number of carbonyl (C=O) groups is 1. The summed E-state index contributed by atoms with van der Waals surface area (Å²) < 4.78 is 2.07. The van der Waals surface area contributed by atoms with E-state index in [4.69, 9.17) is 0 Å². The Morgan fingerprint density at radius 3 is 2.54 bits per heavy atom. The molecule has 1 aliphatic heterocycles. The molecule has 0 radical (unpaired) electrons. The van der Waals surface area contributed by atoms with Gasteiger partial charge < -0.3 is 20.9 Å². The van der Waals surface area contributed by atoms with Gasteiger partial charge in [0, 0.05) is 49.1 Å². The van der Waals surface area contributed by atoms with Gasteiger partial charge in [-0.15, -0.1) is 10.2 Å². The lowest BCUT2D eigenvalue weighted by molar-refractivity contribution is 0.0958. The zero-order valence-electron chi connectivity index (χ0n) is 21.8. The maximum absolute atomic E-state index is 12.7. The molecule has 4 aromatic rings. The molecule has 0 unspecified atom stereocenters. The standard InChI is InChI=1S/C26H30N10O/c1-14(2)36-21-13-35(6)25-17(18(21)12-28-36)8-7-9-19(25)31-20-11-23(33-34-24(20)26(37)27-5)32-22-10-15(3)29-16(4)30-22/h7-12,14H,13H2,1-6H3,(H,27,37)(H2,29,30,31,32,33). The van der Waals surface area contributed by atoms with E-state index in [0.717, 1.165) is 34.7 Å². The third-order valence-corrected chi connectivity index (χ3v) is 6.21. The van der Waals surface area contributed by atoms with E-state index in [0.29, 0.717) is 23.1 Å². The van der Waals surface area contributed by atoms with E-state index in [9.17, 15) is 4.79 Å². The summed E-state index contributed by atoms with van der Waals surface area (Å²) in [5.74, 6) is 1.36. The lowest BCUT2D eigenvalue weighted by Gasteiger charge is -2.31. The van der Waals surface area contributed by atoms with Gasteiger partial charge in [0.2, 0.25) is 0 Å². The molecule has 0 fully saturated rings. The van der Waals surface area contributed by atoms with E-state index in [1.165, 1.54) is 5.69 Å². The average Bonchev–Trinajstić information content (AvgIpc) is 3.27. The van der Waals surface area contributed by atoms with Crippen molar-refractivity contribution >= 4 is 34.6 Å². The fraction of sp³-hybridized carbons (Fsp3) is 0.308. The highest BCUT2D eigenvalue weighted by molar-refractivity contribution is 6.00. The Kier molecular flexibility index (Phi) is 6.20.